The summed E-state index contributed by atoms with van der Waals surface area (Å²) in [5.74, 6) is 0.865. The molecule has 2 aliphatic heterocycles. The van der Waals surface area contributed by atoms with Gasteiger partial charge >= 0.3 is 0 Å². The Morgan fingerprint density at radius 1 is 1.26 bits per heavy atom. The van der Waals surface area contributed by atoms with Crippen LogP contribution in [0.1, 0.15) is 54.9 Å². The van der Waals surface area contributed by atoms with E-state index in [1.165, 1.54) is 12.8 Å². The Labute approximate surface area is 204 Å². The van der Waals surface area contributed by atoms with Crippen molar-refractivity contribution in [2.45, 2.75) is 57.7 Å². The molecule has 8 nitrogen and oxygen atoms in total. The second-order valence-electron chi connectivity index (χ2n) is 9.37. The summed E-state index contributed by atoms with van der Waals surface area (Å²) in [6.45, 7) is 4.03. The number of aromatic nitrogens is 2. The molecule has 1 aromatic heterocycles. The molecule has 2 N–H and O–H groups in total. The second-order valence-corrected chi connectivity index (χ2v) is 9.78. The lowest BCUT2D eigenvalue weighted by molar-refractivity contribution is -0.122. The number of carbonyl (C=O) groups excluding carboxylic acids is 2. The van der Waals surface area contributed by atoms with Crippen LogP contribution < -0.4 is 10.6 Å². The molecule has 2 fully saturated rings. The quantitative estimate of drug-likeness (QED) is 0.595. The molecule has 5 rings (SSSR count). The molecule has 1 atom stereocenters. The van der Waals surface area contributed by atoms with Crippen LogP contribution in [0.4, 0.5) is 5.95 Å². The number of benzene rings is 1. The van der Waals surface area contributed by atoms with Gasteiger partial charge in [0.1, 0.15) is 6.54 Å². The average Bonchev–Trinajstić information content (AvgIpc) is 3.65. The molecule has 9 heteroatoms. The second kappa shape index (κ2) is 9.88. The molecule has 180 valence electrons. The molecule has 1 aromatic carbocycles. The molecule has 1 aliphatic carbocycles. The van der Waals surface area contributed by atoms with E-state index < -0.39 is 0 Å². The van der Waals surface area contributed by atoms with Gasteiger partial charge < -0.3 is 20.3 Å². The third-order valence-corrected chi connectivity index (χ3v) is 7.15. The maximum absolute atomic E-state index is 13.1. The molecule has 1 saturated carbocycles. The number of halogens is 1. The monoisotopic (exact) mass is 483 g/mol. The Balaban J connectivity index is 1.29. The van der Waals surface area contributed by atoms with E-state index in [0.717, 1.165) is 43.6 Å². The third kappa shape index (κ3) is 5.03. The molecule has 1 saturated heterocycles. The smallest absolute Gasteiger partial charge is 0.254 e. The summed E-state index contributed by atoms with van der Waals surface area (Å²) in [6, 6.07) is 6.13. The van der Waals surface area contributed by atoms with E-state index in [4.69, 9.17) is 16.3 Å². The number of ether oxygens (including phenoxy) is 1. The molecule has 2 amide bonds. The minimum absolute atomic E-state index is 0.0689. The first-order valence-corrected chi connectivity index (χ1v) is 12.5. The summed E-state index contributed by atoms with van der Waals surface area (Å²) < 4.78 is 5.41. The predicted molar refractivity (Wildman–Crippen MR) is 130 cm³/mol. The van der Waals surface area contributed by atoms with Gasteiger partial charge in [-0.05, 0) is 49.7 Å². The number of rotatable bonds is 8. The summed E-state index contributed by atoms with van der Waals surface area (Å²) in [5, 5.41) is 6.89. The lowest BCUT2D eigenvalue weighted by Gasteiger charge is -2.23. The van der Waals surface area contributed by atoms with E-state index in [2.05, 4.69) is 27.5 Å². The van der Waals surface area contributed by atoms with Crippen molar-refractivity contribution in [2.75, 3.05) is 25.1 Å². The van der Waals surface area contributed by atoms with Crippen molar-refractivity contribution in [2.24, 2.45) is 5.92 Å². The standard InChI is InChI=1S/C25H30ClN5O3/c1-2-21(15-3-4-15)29-22(32)14-31-13-17-6-5-16(11-19(17)24(31)33)23-20(26)12-27-25(30-23)28-18-7-9-34-10-8-18/h5-6,11-12,15,18,21H,2-4,7-10,13-14H2,1H3,(H,29,32)(H,27,28,30). The number of anilines is 1. The number of nitrogens with zero attached hydrogens (tertiary/aromatic N) is 3. The van der Waals surface area contributed by atoms with Crippen molar-refractivity contribution >= 4 is 29.4 Å². The largest absolute Gasteiger partial charge is 0.381 e. The minimum atomic E-state index is -0.141. The third-order valence-electron chi connectivity index (χ3n) is 6.87. The van der Waals surface area contributed by atoms with Crippen molar-refractivity contribution in [3.63, 3.8) is 0 Å². The molecule has 3 aliphatic rings. The Hall–Kier alpha value is -2.71. The van der Waals surface area contributed by atoms with E-state index >= 15 is 0 Å². The highest BCUT2D eigenvalue weighted by Gasteiger charge is 2.33. The van der Waals surface area contributed by atoms with Gasteiger partial charge in [-0.2, -0.15) is 0 Å². The van der Waals surface area contributed by atoms with Crippen LogP contribution in [-0.2, 0) is 16.1 Å². The Morgan fingerprint density at radius 2 is 2.06 bits per heavy atom. The number of fused-ring (bicyclic) bond motifs is 1. The summed E-state index contributed by atoms with van der Waals surface area (Å²) in [5.41, 5.74) is 2.82. The summed E-state index contributed by atoms with van der Waals surface area (Å²) in [4.78, 5) is 36.2. The Morgan fingerprint density at radius 3 is 2.79 bits per heavy atom. The van der Waals surface area contributed by atoms with Crippen molar-refractivity contribution in [1.82, 2.24) is 20.2 Å². The normalized spacial score (nSPS) is 19.1. The average molecular weight is 484 g/mol. The zero-order valence-corrected chi connectivity index (χ0v) is 20.1. The minimum Gasteiger partial charge on any atom is -0.381 e. The van der Waals surface area contributed by atoms with Gasteiger partial charge in [-0.15, -0.1) is 0 Å². The summed E-state index contributed by atoms with van der Waals surface area (Å²) in [6.07, 6.45) is 6.65. The number of amides is 2. The van der Waals surface area contributed by atoms with Crippen LogP contribution in [0.5, 0.6) is 0 Å². The van der Waals surface area contributed by atoms with Crippen LogP contribution >= 0.6 is 11.6 Å². The van der Waals surface area contributed by atoms with Gasteiger partial charge in [0, 0.05) is 43.0 Å². The van der Waals surface area contributed by atoms with E-state index in [-0.39, 0.29) is 30.4 Å². The number of carbonyl (C=O) groups is 2. The van der Waals surface area contributed by atoms with Gasteiger partial charge in [0.2, 0.25) is 11.9 Å². The van der Waals surface area contributed by atoms with Crippen molar-refractivity contribution in [1.29, 1.82) is 0 Å². The lowest BCUT2D eigenvalue weighted by Crippen LogP contribution is -2.42. The van der Waals surface area contributed by atoms with Gasteiger partial charge in [0.05, 0.1) is 16.9 Å². The first kappa shape index (κ1) is 23.1. The van der Waals surface area contributed by atoms with Crippen molar-refractivity contribution in [3.8, 4) is 11.3 Å². The van der Waals surface area contributed by atoms with Gasteiger partial charge in [-0.1, -0.05) is 30.7 Å². The SMILES string of the molecule is CCC(NC(=O)CN1Cc2ccc(-c3nc(NC4CCOCC4)ncc3Cl)cc2C1=O)C1CC1. The van der Waals surface area contributed by atoms with Crippen molar-refractivity contribution in [3.05, 3.63) is 40.5 Å². The molecule has 0 bridgehead atoms. The maximum atomic E-state index is 13.1. The summed E-state index contributed by atoms with van der Waals surface area (Å²) >= 11 is 6.43. The Bertz CT molecular complexity index is 1080. The van der Waals surface area contributed by atoms with Gasteiger partial charge in [-0.25, -0.2) is 9.97 Å². The highest BCUT2D eigenvalue weighted by Crippen LogP contribution is 2.34. The van der Waals surface area contributed by atoms with Crippen LogP contribution in [0.2, 0.25) is 5.02 Å². The van der Waals surface area contributed by atoms with Gasteiger partial charge in [0.15, 0.2) is 0 Å². The molecule has 0 spiro atoms. The maximum Gasteiger partial charge on any atom is 0.254 e. The molecule has 0 radical (unpaired) electrons. The zero-order valence-electron chi connectivity index (χ0n) is 19.3. The molecular weight excluding hydrogens is 454 g/mol. The van der Waals surface area contributed by atoms with Crippen LogP contribution in [0.25, 0.3) is 11.3 Å². The molecule has 2 aromatic rings. The number of nitrogens with one attached hydrogen (secondary N) is 2. The highest BCUT2D eigenvalue weighted by molar-refractivity contribution is 6.33. The van der Waals surface area contributed by atoms with Crippen LogP contribution in [0, 0.1) is 5.92 Å². The first-order valence-electron chi connectivity index (χ1n) is 12.1. The molecule has 3 heterocycles. The van der Waals surface area contributed by atoms with Gasteiger partial charge in [0.25, 0.3) is 5.91 Å². The van der Waals surface area contributed by atoms with E-state index in [0.29, 0.717) is 34.7 Å². The fourth-order valence-corrected chi connectivity index (χ4v) is 4.98. The van der Waals surface area contributed by atoms with Crippen LogP contribution in [0.15, 0.2) is 24.4 Å². The number of hydrogen-bond acceptors (Lipinski definition) is 6. The topological polar surface area (TPSA) is 96.5 Å². The molecule has 1 unspecified atom stereocenters. The molecule has 34 heavy (non-hydrogen) atoms. The van der Waals surface area contributed by atoms with Crippen LogP contribution in [0.3, 0.4) is 0 Å². The molecular formula is C25H30ClN5O3. The Kier molecular flexibility index (Phi) is 6.70. The first-order chi connectivity index (χ1) is 16.5. The van der Waals surface area contributed by atoms with E-state index in [1.54, 1.807) is 11.1 Å². The van der Waals surface area contributed by atoms with E-state index in [1.807, 2.05) is 18.2 Å². The number of hydrogen-bond donors (Lipinski definition) is 2. The predicted octanol–water partition coefficient (Wildman–Crippen LogP) is 3.65. The fraction of sp³-hybridized carbons (Fsp3) is 0.520. The van der Waals surface area contributed by atoms with Crippen LogP contribution in [-0.4, -0.2) is 58.5 Å². The van der Waals surface area contributed by atoms with Gasteiger partial charge in [-0.3, -0.25) is 9.59 Å². The zero-order chi connectivity index (χ0) is 23.7. The summed E-state index contributed by atoms with van der Waals surface area (Å²) in [7, 11) is 0. The lowest BCUT2D eigenvalue weighted by atomic mass is 10.0. The van der Waals surface area contributed by atoms with E-state index in [9.17, 15) is 9.59 Å². The van der Waals surface area contributed by atoms with Crippen molar-refractivity contribution < 1.29 is 14.3 Å². The fourth-order valence-electron chi connectivity index (χ4n) is 4.78. The highest BCUT2D eigenvalue weighted by atomic mass is 35.5.